The largest absolute Gasteiger partial charge is 0.449 e. The number of imide groups is 1. The minimum atomic E-state index is -3.02. The first-order valence-corrected chi connectivity index (χ1v) is 6.12. The van der Waals surface area contributed by atoms with Crippen LogP contribution in [-0.2, 0) is 9.53 Å². The molecule has 1 aromatic carbocycles. The van der Waals surface area contributed by atoms with E-state index in [4.69, 9.17) is 4.74 Å². The second-order valence-electron chi connectivity index (χ2n) is 4.02. The van der Waals surface area contributed by atoms with Gasteiger partial charge < -0.3 is 14.8 Å². The SMILES string of the molecule is CNC(=O)NC(=O)[C@@H](C)OC(=O)c1cccc(OC(F)F)c1. The van der Waals surface area contributed by atoms with Crippen LogP contribution in [0, 0.1) is 0 Å². The van der Waals surface area contributed by atoms with Crippen LogP contribution in [0.2, 0.25) is 0 Å². The molecule has 0 spiro atoms. The predicted octanol–water partition coefficient (Wildman–Crippen LogP) is 1.29. The Kier molecular flexibility index (Phi) is 6.24. The molecule has 1 aromatic rings. The summed E-state index contributed by atoms with van der Waals surface area (Å²) >= 11 is 0. The Morgan fingerprint density at radius 1 is 1.23 bits per heavy atom. The number of alkyl halides is 2. The van der Waals surface area contributed by atoms with Crippen LogP contribution in [0.4, 0.5) is 13.6 Å². The molecule has 1 rings (SSSR count). The van der Waals surface area contributed by atoms with Crippen LogP contribution in [0.5, 0.6) is 5.75 Å². The molecule has 1 atom stereocenters. The van der Waals surface area contributed by atoms with Gasteiger partial charge in [-0.05, 0) is 25.1 Å². The molecule has 0 heterocycles. The molecule has 0 aliphatic rings. The lowest BCUT2D eigenvalue weighted by Gasteiger charge is -2.13. The number of hydrogen-bond donors (Lipinski definition) is 2. The zero-order valence-corrected chi connectivity index (χ0v) is 11.8. The van der Waals surface area contributed by atoms with Crippen molar-refractivity contribution >= 4 is 17.9 Å². The fourth-order valence-electron chi connectivity index (χ4n) is 1.36. The zero-order valence-electron chi connectivity index (χ0n) is 11.8. The Balaban J connectivity index is 2.68. The maximum absolute atomic E-state index is 12.1. The molecule has 0 aromatic heterocycles. The molecule has 2 N–H and O–H groups in total. The van der Waals surface area contributed by atoms with E-state index in [1.807, 2.05) is 5.32 Å². The van der Waals surface area contributed by atoms with Gasteiger partial charge in [0, 0.05) is 7.05 Å². The Morgan fingerprint density at radius 2 is 1.91 bits per heavy atom. The molecule has 0 unspecified atom stereocenters. The Bertz CT molecular complexity index is 565. The highest BCUT2D eigenvalue weighted by molar-refractivity contribution is 5.98. The van der Waals surface area contributed by atoms with Crippen molar-refractivity contribution in [1.29, 1.82) is 0 Å². The number of esters is 1. The Labute approximate surface area is 124 Å². The third-order valence-corrected chi connectivity index (χ3v) is 2.41. The number of benzene rings is 1. The van der Waals surface area contributed by atoms with Crippen molar-refractivity contribution < 1.29 is 32.6 Å². The van der Waals surface area contributed by atoms with E-state index in [1.165, 1.54) is 32.2 Å². The van der Waals surface area contributed by atoms with Crippen LogP contribution in [0.15, 0.2) is 24.3 Å². The molecule has 120 valence electrons. The maximum Gasteiger partial charge on any atom is 0.387 e. The zero-order chi connectivity index (χ0) is 16.7. The van der Waals surface area contributed by atoms with Gasteiger partial charge in [-0.3, -0.25) is 10.1 Å². The summed E-state index contributed by atoms with van der Waals surface area (Å²) in [6.07, 6.45) is -1.25. The summed E-state index contributed by atoms with van der Waals surface area (Å²) in [5.74, 6) is -1.96. The molecule has 9 heteroatoms. The minimum Gasteiger partial charge on any atom is -0.449 e. The lowest BCUT2D eigenvalue weighted by atomic mass is 10.2. The first kappa shape index (κ1) is 17.3. The van der Waals surface area contributed by atoms with Crippen molar-refractivity contribution in [3.8, 4) is 5.75 Å². The van der Waals surface area contributed by atoms with E-state index < -0.39 is 30.6 Å². The predicted molar refractivity (Wildman–Crippen MR) is 70.5 cm³/mol. The third-order valence-electron chi connectivity index (χ3n) is 2.41. The third kappa shape index (κ3) is 5.35. The number of carbonyl (C=O) groups excluding carboxylic acids is 3. The van der Waals surface area contributed by atoms with Crippen molar-refractivity contribution in [2.45, 2.75) is 19.6 Å². The van der Waals surface area contributed by atoms with Crippen LogP contribution >= 0.6 is 0 Å². The molecule has 0 bridgehead atoms. The van der Waals surface area contributed by atoms with Gasteiger partial charge in [0.05, 0.1) is 5.56 Å². The molecular weight excluding hydrogens is 302 g/mol. The Morgan fingerprint density at radius 3 is 2.50 bits per heavy atom. The van der Waals surface area contributed by atoms with Gasteiger partial charge in [-0.2, -0.15) is 8.78 Å². The molecular formula is C13H14F2N2O5. The van der Waals surface area contributed by atoms with E-state index in [-0.39, 0.29) is 11.3 Å². The number of hydrogen-bond acceptors (Lipinski definition) is 5. The van der Waals surface area contributed by atoms with Gasteiger partial charge in [0.2, 0.25) is 0 Å². The maximum atomic E-state index is 12.1. The van der Waals surface area contributed by atoms with Crippen molar-refractivity contribution in [2.24, 2.45) is 0 Å². The number of nitrogens with one attached hydrogen (secondary N) is 2. The smallest absolute Gasteiger partial charge is 0.387 e. The highest BCUT2D eigenvalue weighted by atomic mass is 19.3. The van der Waals surface area contributed by atoms with Crippen molar-refractivity contribution in [3.05, 3.63) is 29.8 Å². The molecule has 0 aliphatic carbocycles. The molecule has 0 saturated carbocycles. The number of halogens is 2. The quantitative estimate of drug-likeness (QED) is 0.798. The molecule has 0 aliphatic heterocycles. The topological polar surface area (TPSA) is 93.7 Å². The number of rotatable bonds is 5. The van der Waals surface area contributed by atoms with Gasteiger partial charge in [-0.15, -0.1) is 0 Å². The van der Waals surface area contributed by atoms with Gasteiger partial charge in [-0.1, -0.05) is 6.07 Å². The van der Waals surface area contributed by atoms with Gasteiger partial charge in [-0.25, -0.2) is 9.59 Å². The first-order chi connectivity index (χ1) is 10.3. The monoisotopic (exact) mass is 316 g/mol. The molecule has 0 radical (unpaired) electrons. The van der Waals surface area contributed by atoms with E-state index in [9.17, 15) is 23.2 Å². The average molecular weight is 316 g/mol. The summed E-state index contributed by atoms with van der Waals surface area (Å²) in [5.41, 5.74) is -0.0715. The van der Waals surface area contributed by atoms with Crippen LogP contribution < -0.4 is 15.4 Å². The first-order valence-electron chi connectivity index (χ1n) is 6.12. The number of amides is 3. The van der Waals surface area contributed by atoms with E-state index in [1.54, 1.807) is 0 Å². The summed E-state index contributed by atoms with van der Waals surface area (Å²) < 4.78 is 33.2. The lowest BCUT2D eigenvalue weighted by Crippen LogP contribution is -2.43. The second-order valence-corrected chi connectivity index (χ2v) is 4.02. The lowest BCUT2D eigenvalue weighted by molar-refractivity contribution is -0.127. The van der Waals surface area contributed by atoms with E-state index >= 15 is 0 Å². The second kappa shape index (κ2) is 7.91. The van der Waals surface area contributed by atoms with Gasteiger partial charge in [0.25, 0.3) is 5.91 Å². The molecule has 0 fully saturated rings. The fourth-order valence-corrected chi connectivity index (χ4v) is 1.36. The molecule has 7 nitrogen and oxygen atoms in total. The van der Waals surface area contributed by atoms with Gasteiger partial charge in [0.1, 0.15) is 5.75 Å². The minimum absolute atomic E-state index is 0.0715. The van der Waals surface area contributed by atoms with Crippen molar-refractivity contribution in [2.75, 3.05) is 7.05 Å². The standard InChI is InChI=1S/C13H14F2N2O5/c1-7(10(18)17-13(20)16-2)21-11(19)8-4-3-5-9(6-8)22-12(14)15/h3-7,12H,1-2H3,(H2,16,17,18,20)/t7-/m1/s1. The van der Waals surface area contributed by atoms with Crippen LogP contribution in [0.25, 0.3) is 0 Å². The van der Waals surface area contributed by atoms with E-state index in [0.29, 0.717) is 0 Å². The van der Waals surface area contributed by atoms with Gasteiger partial charge >= 0.3 is 18.6 Å². The van der Waals surface area contributed by atoms with Crippen LogP contribution in [-0.4, -0.2) is 37.7 Å². The molecule has 3 amide bonds. The van der Waals surface area contributed by atoms with Crippen molar-refractivity contribution in [3.63, 3.8) is 0 Å². The van der Waals surface area contributed by atoms with E-state index in [2.05, 4.69) is 10.1 Å². The number of urea groups is 1. The average Bonchev–Trinajstić information content (AvgIpc) is 2.46. The number of carbonyl (C=O) groups is 3. The summed E-state index contributed by atoms with van der Waals surface area (Å²) in [5, 5.41) is 4.10. The van der Waals surface area contributed by atoms with Crippen LogP contribution in [0.1, 0.15) is 17.3 Å². The normalized spacial score (nSPS) is 11.5. The number of ether oxygens (including phenoxy) is 2. The van der Waals surface area contributed by atoms with Gasteiger partial charge in [0.15, 0.2) is 6.10 Å². The Hall–Kier alpha value is -2.71. The summed E-state index contributed by atoms with van der Waals surface area (Å²) in [7, 11) is 1.31. The summed E-state index contributed by atoms with van der Waals surface area (Å²) in [6, 6.07) is 4.18. The fraction of sp³-hybridized carbons (Fsp3) is 0.308. The highest BCUT2D eigenvalue weighted by Crippen LogP contribution is 2.17. The summed E-state index contributed by atoms with van der Waals surface area (Å²) in [4.78, 5) is 34.3. The van der Waals surface area contributed by atoms with E-state index in [0.717, 1.165) is 6.07 Å². The van der Waals surface area contributed by atoms with Crippen molar-refractivity contribution in [1.82, 2.24) is 10.6 Å². The molecule has 22 heavy (non-hydrogen) atoms. The molecule has 0 saturated heterocycles. The summed E-state index contributed by atoms with van der Waals surface area (Å²) in [6.45, 7) is -1.76. The highest BCUT2D eigenvalue weighted by Gasteiger charge is 2.20. The van der Waals surface area contributed by atoms with Crippen LogP contribution in [0.3, 0.4) is 0 Å².